The Labute approximate surface area is 234 Å². The van der Waals surface area contributed by atoms with Gasteiger partial charge in [0.05, 0.1) is 33.6 Å². The smallest absolute Gasteiger partial charge is 0.322 e. The van der Waals surface area contributed by atoms with Crippen molar-refractivity contribution < 1.29 is 27.6 Å². The predicted molar refractivity (Wildman–Crippen MR) is 144 cm³/mol. The zero-order valence-corrected chi connectivity index (χ0v) is 22.5. The average Bonchev–Trinajstić information content (AvgIpc) is 3.14. The van der Waals surface area contributed by atoms with E-state index in [1.165, 1.54) is 19.1 Å². The molecule has 0 unspecified atom stereocenters. The number of para-hydroxylation sites is 1. The third-order valence-electron chi connectivity index (χ3n) is 7.05. The number of rotatable bonds is 7. The molecular weight excluding hydrogens is 547 g/mol. The molecule has 0 spiro atoms. The van der Waals surface area contributed by atoms with E-state index in [9.17, 15) is 27.6 Å². The number of hydrogen-bond acceptors (Lipinski definition) is 5. The molecule has 2 heterocycles. The molecule has 0 atom stereocenters. The number of halogens is 4. The molecule has 2 aromatic rings. The minimum Gasteiger partial charge on any atom is -0.322 e. The van der Waals surface area contributed by atoms with Crippen molar-refractivity contribution in [2.45, 2.75) is 32.4 Å². The van der Waals surface area contributed by atoms with Crippen molar-refractivity contribution in [1.82, 2.24) is 9.80 Å². The van der Waals surface area contributed by atoms with Gasteiger partial charge in [-0.1, -0.05) is 23.7 Å². The second-order valence-corrected chi connectivity index (χ2v) is 9.99. The maximum absolute atomic E-state index is 13.4. The summed E-state index contributed by atoms with van der Waals surface area (Å²) in [6.07, 6.45) is -3.15. The Morgan fingerprint density at radius 1 is 1.05 bits per heavy atom. The van der Waals surface area contributed by atoms with Gasteiger partial charge >= 0.3 is 12.2 Å². The van der Waals surface area contributed by atoms with E-state index in [-0.39, 0.29) is 22.9 Å². The lowest BCUT2D eigenvalue weighted by atomic mass is 10.0. The van der Waals surface area contributed by atoms with Gasteiger partial charge in [-0.05, 0) is 63.1 Å². The van der Waals surface area contributed by atoms with Crippen LogP contribution in [0.2, 0.25) is 5.02 Å². The fraction of sp³-hybridized carbons (Fsp3) is 0.357. The number of unbranched alkanes of at least 4 members (excludes halogenated alkanes) is 1. The van der Waals surface area contributed by atoms with E-state index in [0.29, 0.717) is 55.8 Å². The molecule has 210 valence electrons. The summed E-state index contributed by atoms with van der Waals surface area (Å²) in [5, 5.41) is 12.3. The zero-order chi connectivity index (χ0) is 29.0. The average molecular weight is 574 g/mol. The number of imide groups is 1. The summed E-state index contributed by atoms with van der Waals surface area (Å²) in [6, 6.07) is 11.1. The van der Waals surface area contributed by atoms with Gasteiger partial charge in [-0.15, -0.1) is 0 Å². The molecule has 4 amide bonds. The van der Waals surface area contributed by atoms with E-state index in [4.69, 9.17) is 16.9 Å². The predicted octanol–water partition coefficient (Wildman–Crippen LogP) is 5.44. The molecule has 2 aromatic carbocycles. The fourth-order valence-corrected chi connectivity index (χ4v) is 4.97. The molecule has 0 radical (unpaired) electrons. The van der Waals surface area contributed by atoms with Gasteiger partial charge < -0.3 is 10.2 Å². The van der Waals surface area contributed by atoms with Gasteiger partial charge in [0.2, 0.25) is 0 Å². The lowest BCUT2D eigenvalue weighted by Gasteiger charge is -2.34. The third kappa shape index (κ3) is 6.29. The van der Waals surface area contributed by atoms with Crippen LogP contribution in [0.4, 0.5) is 29.3 Å². The zero-order valence-electron chi connectivity index (χ0n) is 21.7. The standard InChI is InChI=1S/C28H27ClF3N5O3/c1-18-21(26(39)37(25(18)38)20-10-9-19(17-33)22(16-20)28(30,31)32)6-4-5-11-35-12-14-36(15-13-35)27(40)34-24-8-3-2-7-23(24)29/h2-3,7-10,16H,4-6,11-15H2,1H3,(H,34,40). The Balaban J connectivity index is 1.26. The summed E-state index contributed by atoms with van der Waals surface area (Å²) in [4.78, 5) is 43.0. The topological polar surface area (TPSA) is 96.8 Å². The quantitative estimate of drug-likeness (QED) is 0.351. The van der Waals surface area contributed by atoms with E-state index in [0.717, 1.165) is 23.9 Å². The number of urea groups is 1. The fourth-order valence-electron chi connectivity index (χ4n) is 4.79. The Bertz CT molecular complexity index is 1390. The van der Waals surface area contributed by atoms with Crippen molar-refractivity contribution in [2.24, 2.45) is 0 Å². The molecule has 0 aliphatic carbocycles. The molecule has 2 aliphatic heterocycles. The first kappa shape index (κ1) is 29.1. The van der Waals surface area contributed by atoms with Crippen molar-refractivity contribution in [3.05, 3.63) is 69.8 Å². The van der Waals surface area contributed by atoms with E-state index in [1.54, 1.807) is 29.2 Å². The van der Waals surface area contributed by atoms with Gasteiger partial charge in [0.25, 0.3) is 11.8 Å². The molecule has 12 heteroatoms. The number of carbonyl (C=O) groups excluding carboxylic acids is 3. The summed E-state index contributed by atoms with van der Waals surface area (Å²) >= 11 is 6.11. The highest BCUT2D eigenvalue weighted by Crippen LogP contribution is 2.37. The Kier molecular flexibility index (Phi) is 8.81. The van der Waals surface area contributed by atoms with Crippen LogP contribution < -0.4 is 10.2 Å². The maximum Gasteiger partial charge on any atom is 0.417 e. The Morgan fingerprint density at radius 3 is 2.40 bits per heavy atom. The molecule has 0 saturated carbocycles. The molecule has 0 aromatic heterocycles. The second-order valence-electron chi connectivity index (χ2n) is 9.58. The normalized spacial score (nSPS) is 16.5. The number of nitriles is 1. The highest BCUT2D eigenvalue weighted by atomic mass is 35.5. The number of nitrogens with one attached hydrogen (secondary N) is 1. The van der Waals surface area contributed by atoms with Crippen molar-refractivity contribution in [3.8, 4) is 6.07 Å². The van der Waals surface area contributed by atoms with E-state index < -0.39 is 29.1 Å². The van der Waals surface area contributed by atoms with Crippen LogP contribution in [0.15, 0.2) is 53.6 Å². The lowest BCUT2D eigenvalue weighted by Crippen LogP contribution is -2.50. The Hall–Kier alpha value is -3.88. The molecule has 4 rings (SSSR count). The number of carbonyl (C=O) groups is 3. The summed E-state index contributed by atoms with van der Waals surface area (Å²) in [7, 11) is 0. The lowest BCUT2D eigenvalue weighted by molar-refractivity contribution is -0.138. The first-order chi connectivity index (χ1) is 19.0. The molecule has 40 heavy (non-hydrogen) atoms. The van der Waals surface area contributed by atoms with E-state index in [1.807, 2.05) is 0 Å². The molecule has 1 saturated heterocycles. The largest absolute Gasteiger partial charge is 0.417 e. The number of benzene rings is 2. The monoisotopic (exact) mass is 573 g/mol. The summed E-state index contributed by atoms with van der Waals surface area (Å²) < 4.78 is 40.2. The van der Waals surface area contributed by atoms with Crippen molar-refractivity contribution >= 4 is 40.8 Å². The van der Waals surface area contributed by atoms with Gasteiger partial charge in [-0.2, -0.15) is 18.4 Å². The minimum atomic E-state index is -4.80. The maximum atomic E-state index is 13.4. The second kappa shape index (κ2) is 12.1. The van der Waals surface area contributed by atoms with Crippen LogP contribution >= 0.6 is 11.6 Å². The first-order valence-corrected chi connectivity index (χ1v) is 13.1. The van der Waals surface area contributed by atoms with Crippen LogP contribution in [0.25, 0.3) is 0 Å². The SMILES string of the molecule is CC1=C(CCCCN2CCN(C(=O)Nc3ccccc3Cl)CC2)C(=O)N(c2ccc(C#N)c(C(F)(F)F)c2)C1=O. The van der Waals surface area contributed by atoms with Crippen molar-refractivity contribution in [1.29, 1.82) is 5.26 Å². The van der Waals surface area contributed by atoms with Gasteiger partial charge in [-0.3, -0.25) is 14.5 Å². The number of alkyl halides is 3. The van der Waals surface area contributed by atoms with Crippen molar-refractivity contribution in [2.75, 3.05) is 42.9 Å². The van der Waals surface area contributed by atoms with Crippen LogP contribution in [-0.4, -0.2) is 60.4 Å². The number of anilines is 2. The van der Waals surface area contributed by atoms with Crippen molar-refractivity contribution in [3.63, 3.8) is 0 Å². The third-order valence-corrected chi connectivity index (χ3v) is 7.38. The molecule has 1 fully saturated rings. The highest BCUT2D eigenvalue weighted by Gasteiger charge is 2.39. The summed E-state index contributed by atoms with van der Waals surface area (Å²) in [5.74, 6) is -1.30. The summed E-state index contributed by atoms with van der Waals surface area (Å²) in [6.45, 7) is 4.70. The van der Waals surface area contributed by atoms with Crippen LogP contribution in [0.5, 0.6) is 0 Å². The van der Waals surface area contributed by atoms with Crippen LogP contribution in [0, 0.1) is 11.3 Å². The molecule has 1 N–H and O–H groups in total. The van der Waals surface area contributed by atoms with Gasteiger partial charge in [0.15, 0.2) is 0 Å². The molecule has 2 aliphatic rings. The number of piperazine rings is 1. The van der Waals surface area contributed by atoms with Gasteiger partial charge in [-0.25, -0.2) is 9.69 Å². The number of amides is 4. The van der Waals surface area contributed by atoms with E-state index in [2.05, 4.69) is 10.2 Å². The van der Waals surface area contributed by atoms with E-state index >= 15 is 0 Å². The minimum absolute atomic E-state index is 0.209. The molecule has 0 bridgehead atoms. The van der Waals surface area contributed by atoms with Crippen LogP contribution in [0.1, 0.15) is 37.3 Å². The van der Waals surface area contributed by atoms with Crippen LogP contribution in [0.3, 0.4) is 0 Å². The van der Waals surface area contributed by atoms with Gasteiger partial charge in [0.1, 0.15) is 0 Å². The molecule has 8 nitrogen and oxygen atoms in total. The molecular formula is C28H27ClF3N5O3. The highest BCUT2D eigenvalue weighted by molar-refractivity contribution is 6.33. The Morgan fingerprint density at radius 2 is 1.75 bits per heavy atom. The van der Waals surface area contributed by atoms with Gasteiger partial charge in [0, 0.05) is 37.3 Å². The number of nitrogens with zero attached hydrogens (tertiary/aromatic N) is 4. The number of hydrogen-bond donors (Lipinski definition) is 1. The summed E-state index contributed by atoms with van der Waals surface area (Å²) in [5.41, 5.74) is -0.945. The first-order valence-electron chi connectivity index (χ1n) is 12.7. The van der Waals surface area contributed by atoms with Crippen LogP contribution in [-0.2, 0) is 15.8 Å².